The molecule has 130 valence electrons. The van der Waals surface area contributed by atoms with Gasteiger partial charge in [0.2, 0.25) is 0 Å². The van der Waals surface area contributed by atoms with E-state index in [0.717, 1.165) is 35.8 Å². The molecule has 1 aliphatic rings. The number of methoxy groups -OCH3 is 2. The minimum Gasteiger partial charge on any atom is -0.493 e. The van der Waals surface area contributed by atoms with Crippen molar-refractivity contribution in [3.63, 3.8) is 0 Å². The zero-order chi connectivity index (χ0) is 16.9. The maximum Gasteiger partial charge on any atom is 0.170 e. The molecule has 0 saturated carbocycles. The lowest BCUT2D eigenvalue weighted by molar-refractivity contribution is 0.0832. The monoisotopic (exact) mass is 348 g/mol. The number of aliphatic hydroxyl groups excluding tert-OH is 1. The summed E-state index contributed by atoms with van der Waals surface area (Å²) in [6.07, 6.45) is 3.46. The van der Waals surface area contributed by atoms with E-state index < -0.39 is 0 Å². The molecule has 1 fully saturated rings. The number of hydrogen-bond acceptors (Lipinski definition) is 6. The Bertz CT molecular complexity index is 674. The third kappa shape index (κ3) is 3.55. The zero-order valence-corrected chi connectivity index (χ0v) is 15.0. The molecule has 6 heteroatoms. The molecule has 0 unspecified atom stereocenters. The highest BCUT2D eigenvalue weighted by atomic mass is 32.1. The van der Waals surface area contributed by atoms with Crippen LogP contribution >= 0.6 is 11.3 Å². The second kappa shape index (κ2) is 7.96. The molecular formula is C18H24N2O3S. The second-order valence-electron chi connectivity index (χ2n) is 5.99. The zero-order valence-electron chi connectivity index (χ0n) is 14.2. The summed E-state index contributed by atoms with van der Waals surface area (Å²) in [5.74, 6) is 1.43. The Morgan fingerprint density at radius 3 is 2.92 bits per heavy atom. The molecule has 2 aromatic rings. The lowest BCUT2D eigenvalue weighted by Gasteiger charge is -2.33. The smallest absolute Gasteiger partial charge is 0.170 e. The minimum absolute atomic E-state index is 0.223. The van der Waals surface area contributed by atoms with Gasteiger partial charge in [-0.1, -0.05) is 12.5 Å². The Balaban J connectivity index is 1.81. The van der Waals surface area contributed by atoms with Crippen molar-refractivity contribution < 1.29 is 14.6 Å². The molecule has 1 N–H and O–H groups in total. The van der Waals surface area contributed by atoms with Crippen molar-refractivity contribution in [1.29, 1.82) is 0 Å². The number of hydrogen-bond donors (Lipinski definition) is 1. The minimum atomic E-state index is 0.223. The maximum absolute atomic E-state index is 9.56. The van der Waals surface area contributed by atoms with E-state index in [4.69, 9.17) is 14.5 Å². The summed E-state index contributed by atoms with van der Waals surface area (Å²) in [7, 11) is 3.29. The van der Waals surface area contributed by atoms with E-state index in [2.05, 4.69) is 10.3 Å². The molecule has 24 heavy (non-hydrogen) atoms. The van der Waals surface area contributed by atoms with Crippen LogP contribution in [0.5, 0.6) is 11.5 Å². The van der Waals surface area contributed by atoms with Gasteiger partial charge in [-0.15, -0.1) is 11.3 Å². The average molecular weight is 348 g/mol. The van der Waals surface area contributed by atoms with Crippen LogP contribution in [0.4, 0.5) is 0 Å². The van der Waals surface area contributed by atoms with Gasteiger partial charge in [0.1, 0.15) is 5.01 Å². The highest BCUT2D eigenvalue weighted by Crippen LogP contribution is 2.39. The van der Waals surface area contributed by atoms with Crippen LogP contribution in [0.15, 0.2) is 23.6 Å². The Morgan fingerprint density at radius 1 is 1.29 bits per heavy atom. The van der Waals surface area contributed by atoms with Crippen LogP contribution < -0.4 is 9.47 Å². The van der Waals surface area contributed by atoms with Crippen LogP contribution in [-0.2, 0) is 6.54 Å². The highest BCUT2D eigenvalue weighted by Gasteiger charge is 2.23. The largest absolute Gasteiger partial charge is 0.493 e. The highest BCUT2D eigenvalue weighted by molar-refractivity contribution is 7.13. The van der Waals surface area contributed by atoms with E-state index in [1.807, 2.05) is 18.2 Å². The van der Waals surface area contributed by atoms with Gasteiger partial charge in [-0.3, -0.25) is 4.90 Å². The van der Waals surface area contributed by atoms with Crippen molar-refractivity contribution in [3.05, 3.63) is 29.3 Å². The van der Waals surface area contributed by atoms with Crippen LogP contribution in [0, 0.1) is 0 Å². The Labute approximate surface area is 146 Å². The van der Waals surface area contributed by atoms with Crippen LogP contribution in [-0.4, -0.2) is 48.4 Å². The molecule has 1 aromatic carbocycles. The summed E-state index contributed by atoms with van der Waals surface area (Å²) in [5, 5.41) is 12.6. The van der Waals surface area contributed by atoms with Crippen molar-refractivity contribution in [1.82, 2.24) is 9.88 Å². The lowest BCUT2D eigenvalue weighted by Crippen LogP contribution is -2.41. The van der Waals surface area contributed by atoms with E-state index >= 15 is 0 Å². The predicted molar refractivity (Wildman–Crippen MR) is 95.8 cm³/mol. The van der Waals surface area contributed by atoms with Crippen LogP contribution in [0.3, 0.4) is 0 Å². The molecule has 3 rings (SSSR count). The molecule has 0 aliphatic carbocycles. The fourth-order valence-electron chi connectivity index (χ4n) is 3.24. The van der Waals surface area contributed by atoms with Gasteiger partial charge in [0.25, 0.3) is 0 Å². The van der Waals surface area contributed by atoms with Gasteiger partial charge < -0.3 is 14.6 Å². The van der Waals surface area contributed by atoms with Crippen LogP contribution in [0.1, 0.15) is 25.0 Å². The van der Waals surface area contributed by atoms with E-state index in [1.54, 1.807) is 25.6 Å². The topological polar surface area (TPSA) is 54.8 Å². The standard InChI is InChI=1S/C18H24N2O3S/c1-22-16-8-5-7-15(17(16)23-2)18-19-13(12-24-18)10-20-9-4-3-6-14(20)11-21/h5,7-8,12,14,21H,3-4,6,9-11H2,1-2H3/t14-/m1/s1. The summed E-state index contributed by atoms with van der Waals surface area (Å²) in [6.45, 7) is 2.04. The number of aliphatic hydroxyl groups is 1. The summed E-state index contributed by atoms with van der Waals surface area (Å²) < 4.78 is 10.9. The van der Waals surface area contributed by atoms with E-state index in [0.29, 0.717) is 11.5 Å². The third-order valence-electron chi connectivity index (χ3n) is 4.51. The number of thiazole rings is 1. The summed E-state index contributed by atoms with van der Waals surface area (Å²) in [6, 6.07) is 6.09. The van der Waals surface area contributed by atoms with Gasteiger partial charge in [-0.05, 0) is 31.5 Å². The SMILES string of the molecule is COc1cccc(-c2nc(CN3CCCC[C@@H]3CO)cs2)c1OC. The molecule has 1 aromatic heterocycles. The first-order valence-electron chi connectivity index (χ1n) is 8.27. The van der Waals surface area contributed by atoms with Crippen molar-refractivity contribution >= 4 is 11.3 Å². The van der Waals surface area contributed by atoms with Gasteiger partial charge in [0.15, 0.2) is 11.5 Å². The van der Waals surface area contributed by atoms with Crippen molar-refractivity contribution in [3.8, 4) is 22.1 Å². The Kier molecular flexibility index (Phi) is 5.71. The van der Waals surface area contributed by atoms with E-state index in [9.17, 15) is 5.11 Å². The summed E-state index contributed by atoms with van der Waals surface area (Å²) in [4.78, 5) is 7.13. The Hall–Kier alpha value is -1.63. The first-order chi connectivity index (χ1) is 11.8. The molecule has 0 spiro atoms. The average Bonchev–Trinajstić information content (AvgIpc) is 3.09. The molecule has 1 atom stereocenters. The quantitative estimate of drug-likeness (QED) is 0.869. The first kappa shape index (κ1) is 17.2. The van der Waals surface area contributed by atoms with E-state index in [1.165, 1.54) is 12.8 Å². The number of piperidine rings is 1. The lowest BCUT2D eigenvalue weighted by atomic mass is 10.0. The first-order valence-corrected chi connectivity index (χ1v) is 9.15. The van der Waals surface area contributed by atoms with Gasteiger partial charge in [-0.25, -0.2) is 4.98 Å². The predicted octanol–water partition coefficient (Wildman–Crippen LogP) is 3.17. The second-order valence-corrected chi connectivity index (χ2v) is 6.85. The molecule has 5 nitrogen and oxygen atoms in total. The number of likely N-dealkylation sites (tertiary alicyclic amines) is 1. The molecule has 0 radical (unpaired) electrons. The number of para-hydroxylation sites is 1. The van der Waals surface area contributed by atoms with Crippen molar-refractivity contribution in [2.24, 2.45) is 0 Å². The molecule has 0 amide bonds. The number of aromatic nitrogens is 1. The number of ether oxygens (including phenoxy) is 2. The van der Waals surface area contributed by atoms with Gasteiger partial charge in [0, 0.05) is 18.0 Å². The van der Waals surface area contributed by atoms with Gasteiger partial charge in [0.05, 0.1) is 32.1 Å². The van der Waals surface area contributed by atoms with Crippen molar-refractivity contribution in [2.45, 2.75) is 31.8 Å². The number of benzene rings is 1. The third-order valence-corrected chi connectivity index (χ3v) is 5.43. The van der Waals surface area contributed by atoms with E-state index in [-0.39, 0.29) is 12.6 Å². The van der Waals surface area contributed by atoms with Gasteiger partial charge >= 0.3 is 0 Å². The molecular weight excluding hydrogens is 324 g/mol. The Morgan fingerprint density at radius 2 is 2.17 bits per heavy atom. The van der Waals surface area contributed by atoms with Crippen molar-refractivity contribution in [2.75, 3.05) is 27.4 Å². The fraction of sp³-hybridized carbons (Fsp3) is 0.500. The number of rotatable bonds is 6. The fourth-order valence-corrected chi connectivity index (χ4v) is 4.07. The number of nitrogens with zero attached hydrogens (tertiary/aromatic N) is 2. The summed E-state index contributed by atoms with van der Waals surface area (Å²) >= 11 is 1.61. The van der Waals surface area contributed by atoms with Gasteiger partial charge in [-0.2, -0.15) is 0 Å². The normalized spacial score (nSPS) is 18.5. The van der Waals surface area contributed by atoms with Crippen LogP contribution in [0.25, 0.3) is 10.6 Å². The molecule has 1 saturated heterocycles. The molecule has 2 heterocycles. The summed E-state index contributed by atoms with van der Waals surface area (Å²) in [5.41, 5.74) is 1.99. The maximum atomic E-state index is 9.56. The van der Waals surface area contributed by atoms with Crippen LogP contribution in [0.2, 0.25) is 0 Å². The molecule has 1 aliphatic heterocycles. The molecule has 0 bridgehead atoms.